The van der Waals surface area contributed by atoms with E-state index in [0.29, 0.717) is 23.1 Å². The predicted octanol–water partition coefficient (Wildman–Crippen LogP) is 2.48. The Bertz CT molecular complexity index is 400. The molecular weight excluding hydrogens is 226 g/mol. The Morgan fingerprint density at radius 2 is 2.44 bits per heavy atom. The number of nitrogens with zero attached hydrogens (tertiary/aromatic N) is 1. The molecule has 0 radical (unpaired) electrons. The zero-order valence-corrected chi connectivity index (χ0v) is 10.4. The van der Waals surface area contributed by atoms with Crippen LogP contribution in [0.3, 0.4) is 0 Å². The molecule has 1 aromatic rings. The van der Waals surface area contributed by atoms with Gasteiger partial charge in [-0.3, -0.25) is 4.79 Å². The van der Waals surface area contributed by atoms with Crippen molar-refractivity contribution in [2.45, 2.75) is 25.7 Å². The molecule has 0 aromatic carbocycles. The van der Waals surface area contributed by atoms with Crippen LogP contribution in [0, 0.1) is 0 Å². The van der Waals surface area contributed by atoms with Crippen molar-refractivity contribution in [3.8, 4) is 0 Å². The average molecular weight is 242 g/mol. The maximum atomic E-state index is 11.0. The summed E-state index contributed by atoms with van der Waals surface area (Å²) in [5.41, 5.74) is 0. The van der Waals surface area contributed by atoms with Gasteiger partial charge >= 0.3 is 0 Å². The number of carbonyl (C=O) groups is 1. The van der Waals surface area contributed by atoms with Crippen LogP contribution < -0.4 is 0 Å². The number of ketones is 1. The maximum absolute atomic E-state index is 11.0. The second kappa shape index (κ2) is 4.60. The monoisotopic (exact) mass is 241 g/mol. The van der Waals surface area contributed by atoms with Gasteiger partial charge in [-0.05, 0) is 33.0 Å². The quantitative estimate of drug-likeness (QED) is 0.815. The molecule has 0 spiro atoms. The van der Waals surface area contributed by atoms with Gasteiger partial charge in [-0.1, -0.05) is 11.6 Å². The number of likely N-dealkylation sites (N-methyl/N-ethyl adjacent to an activating group) is 1. The van der Waals surface area contributed by atoms with Gasteiger partial charge in [0.2, 0.25) is 0 Å². The van der Waals surface area contributed by atoms with Gasteiger partial charge in [-0.25, -0.2) is 0 Å². The standard InChI is InChI=1S/C12H16ClNO2/c1-8(15)5-10-6-11(13)12(16-10)9-3-4-14(2)7-9/h6,9H,3-5,7H2,1-2H3. The van der Waals surface area contributed by atoms with Crippen LogP contribution in [-0.2, 0) is 11.2 Å². The van der Waals surface area contributed by atoms with Crippen molar-refractivity contribution >= 4 is 17.4 Å². The molecule has 1 aromatic heterocycles. The van der Waals surface area contributed by atoms with Crippen molar-refractivity contribution in [3.05, 3.63) is 22.6 Å². The van der Waals surface area contributed by atoms with E-state index < -0.39 is 0 Å². The number of furan rings is 1. The van der Waals surface area contributed by atoms with Crippen LogP contribution in [0.2, 0.25) is 5.02 Å². The van der Waals surface area contributed by atoms with Crippen molar-refractivity contribution < 1.29 is 9.21 Å². The van der Waals surface area contributed by atoms with Crippen LogP contribution in [0.1, 0.15) is 30.8 Å². The first-order chi connectivity index (χ1) is 7.56. The Labute approximate surface area is 100 Å². The van der Waals surface area contributed by atoms with Crippen LogP contribution in [0.15, 0.2) is 10.5 Å². The fraction of sp³-hybridized carbons (Fsp3) is 0.583. The lowest BCUT2D eigenvalue weighted by Crippen LogP contribution is -2.13. The lowest BCUT2D eigenvalue weighted by Gasteiger charge is -2.07. The van der Waals surface area contributed by atoms with E-state index in [0.717, 1.165) is 25.3 Å². The van der Waals surface area contributed by atoms with Crippen molar-refractivity contribution in [1.29, 1.82) is 0 Å². The van der Waals surface area contributed by atoms with Gasteiger partial charge in [-0.2, -0.15) is 0 Å². The van der Waals surface area contributed by atoms with E-state index in [9.17, 15) is 4.79 Å². The second-order valence-electron chi connectivity index (χ2n) is 4.55. The van der Waals surface area contributed by atoms with E-state index in [4.69, 9.17) is 16.0 Å². The first-order valence-electron chi connectivity index (χ1n) is 5.52. The summed E-state index contributed by atoms with van der Waals surface area (Å²) >= 11 is 6.13. The topological polar surface area (TPSA) is 33.5 Å². The highest BCUT2D eigenvalue weighted by Gasteiger charge is 2.26. The SMILES string of the molecule is CC(=O)Cc1cc(Cl)c(C2CCN(C)C2)o1. The Kier molecular flexibility index (Phi) is 3.36. The Morgan fingerprint density at radius 1 is 1.69 bits per heavy atom. The fourth-order valence-electron chi connectivity index (χ4n) is 2.19. The molecular formula is C12H16ClNO2. The van der Waals surface area contributed by atoms with E-state index in [1.807, 2.05) is 0 Å². The summed E-state index contributed by atoms with van der Waals surface area (Å²) in [6, 6.07) is 1.77. The molecule has 4 heteroatoms. The van der Waals surface area contributed by atoms with E-state index in [1.165, 1.54) is 0 Å². The molecule has 3 nitrogen and oxygen atoms in total. The summed E-state index contributed by atoms with van der Waals surface area (Å²) in [5.74, 6) is 2.00. The first kappa shape index (κ1) is 11.7. The fourth-order valence-corrected chi connectivity index (χ4v) is 2.51. The molecule has 1 unspecified atom stereocenters. The summed E-state index contributed by atoms with van der Waals surface area (Å²) in [4.78, 5) is 13.3. The lowest BCUT2D eigenvalue weighted by molar-refractivity contribution is -0.116. The highest BCUT2D eigenvalue weighted by atomic mass is 35.5. The molecule has 1 aliphatic heterocycles. The van der Waals surface area contributed by atoms with Crippen LogP contribution >= 0.6 is 11.6 Å². The van der Waals surface area contributed by atoms with Crippen molar-refractivity contribution in [2.75, 3.05) is 20.1 Å². The van der Waals surface area contributed by atoms with E-state index in [1.54, 1.807) is 13.0 Å². The summed E-state index contributed by atoms with van der Waals surface area (Å²) in [7, 11) is 2.09. The zero-order valence-electron chi connectivity index (χ0n) is 9.62. The van der Waals surface area contributed by atoms with E-state index in [2.05, 4.69) is 11.9 Å². The molecule has 1 aliphatic rings. The number of carbonyl (C=O) groups excluding carboxylic acids is 1. The van der Waals surface area contributed by atoms with Crippen molar-refractivity contribution in [1.82, 2.24) is 4.90 Å². The predicted molar refractivity (Wildman–Crippen MR) is 63.0 cm³/mol. The number of halogens is 1. The smallest absolute Gasteiger partial charge is 0.137 e. The van der Waals surface area contributed by atoms with Crippen molar-refractivity contribution in [3.63, 3.8) is 0 Å². The third kappa shape index (κ3) is 2.47. The minimum absolute atomic E-state index is 0.0977. The van der Waals surface area contributed by atoms with Crippen molar-refractivity contribution in [2.24, 2.45) is 0 Å². The van der Waals surface area contributed by atoms with Gasteiger partial charge in [0.1, 0.15) is 17.3 Å². The Morgan fingerprint density at radius 3 is 3.00 bits per heavy atom. The summed E-state index contributed by atoms with van der Waals surface area (Å²) in [6.45, 7) is 3.61. The molecule has 88 valence electrons. The normalized spacial score (nSPS) is 21.6. The molecule has 1 atom stereocenters. The third-order valence-corrected chi connectivity index (χ3v) is 3.24. The number of hydrogen-bond acceptors (Lipinski definition) is 3. The third-order valence-electron chi connectivity index (χ3n) is 2.95. The Hall–Kier alpha value is -0.800. The van der Waals surface area contributed by atoms with Crippen LogP contribution in [0.25, 0.3) is 0 Å². The zero-order chi connectivity index (χ0) is 11.7. The summed E-state index contributed by atoms with van der Waals surface area (Å²) in [5, 5.41) is 0.663. The first-order valence-corrected chi connectivity index (χ1v) is 5.90. The second-order valence-corrected chi connectivity index (χ2v) is 4.96. The minimum Gasteiger partial charge on any atom is -0.464 e. The van der Waals surface area contributed by atoms with Gasteiger partial charge in [-0.15, -0.1) is 0 Å². The number of rotatable bonds is 3. The molecule has 0 saturated carbocycles. The maximum Gasteiger partial charge on any atom is 0.137 e. The molecule has 2 rings (SSSR count). The molecule has 0 N–H and O–H groups in total. The van der Waals surface area contributed by atoms with Gasteiger partial charge in [0, 0.05) is 12.5 Å². The lowest BCUT2D eigenvalue weighted by atomic mass is 10.1. The average Bonchev–Trinajstić information content (AvgIpc) is 2.72. The number of hydrogen-bond donors (Lipinski definition) is 0. The van der Waals surface area contributed by atoms with Gasteiger partial charge in [0.25, 0.3) is 0 Å². The van der Waals surface area contributed by atoms with Crippen LogP contribution in [-0.4, -0.2) is 30.8 Å². The number of likely N-dealkylation sites (tertiary alicyclic amines) is 1. The summed E-state index contributed by atoms with van der Waals surface area (Å²) < 4.78 is 5.68. The largest absolute Gasteiger partial charge is 0.464 e. The Balaban J connectivity index is 2.15. The number of Topliss-reactive ketones (excluding diaryl/α,β-unsaturated/α-hetero) is 1. The molecule has 0 amide bonds. The van der Waals surface area contributed by atoms with E-state index in [-0.39, 0.29) is 5.78 Å². The van der Waals surface area contributed by atoms with Gasteiger partial charge in [0.05, 0.1) is 11.4 Å². The molecule has 0 aliphatic carbocycles. The molecule has 16 heavy (non-hydrogen) atoms. The van der Waals surface area contributed by atoms with Crippen LogP contribution in [0.4, 0.5) is 0 Å². The van der Waals surface area contributed by atoms with Gasteiger partial charge in [0.15, 0.2) is 0 Å². The van der Waals surface area contributed by atoms with Gasteiger partial charge < -0.3 is 9.32 Å². The molecule has 0 bridgehead atoms. The van der Waals surface area contributed by atoms with E-state index >= 15 is 0 Å². The molecule has 1 fully saturated rings. The molecule has 1 saturated heterocycles. The minimum atomic E-state index is 0.0977. The van der Waals surface area contributed by atoms with Crippen LogP contribution in [0.5, 0.6) is 0 Å². The highest BCUT2D eigenvalue weighted by molar-refractivity contribution is 6.31. The highest BCUT2D eigenvalue weighted by Crippen LogP contribution is 2.34. The summed E-state index contributed by atoms with van der Waals surface area (Å²) in [6.07, 6.45) is 1.41. The molecule has 2 heterocycles.